The molecule has 0 spiro atoms. The van der Waals surface area contributed by atoms with Crippen LogP contribution in [-0.2, 0) is 0 Å². The summed E-state index contributed by atoms with van der Waals surface area (Å²) in [7, 11) is 0. The van der Waals surface area contributed by atoms with Crippen molar-refractivity contribution in [1.29, 1.82) is 0 Å². The van der Waals surface area contributed by atoms with Crippen molar-refractivity contribution in [2.45, 2.75) is 12.2 Å². The number of thiol groups is 1. The zero-order valence-corrected chi connectivity index (χ0v) is 6.91. The quantitative estimate of drug-likeness (QED) is 0.622. The second-order valence-corrected chi connectivity index (χ2v) is 3.09. The van der Waals surface area contributed by atoms with E-state index in [2.05, 4.69) is 12.6 Å². The minimum absolute atomic E-state index is 0.0378. The minimum atomic E-state index is -0.535. The third-order valence-electron chi connectivity index (χ3n) is 1.42. The van der Waals surface area contributed by atoms with E-state index in [9.17, 15) is 8.78 Å². The molecule has 0 nitrogen and oxygen atoms in total. The molecule has 11 heavy (non-hydrogen) atoms. The van der Waals surface area contributed by atoms with Crippen LogP contribution < -0.4 is 0 Å². The highest BCUT2D eigenvalue weighted by atomic mass is 32.1. The summed E-state index contributed by atoms with van der Waals surface area (Å²) in [5.74, 6) is -1.07. The molecule has 0 saturated heterocycles. The largest absolute Gasteiger partial charge is 0.207 e. The highest BCUT2D eigenvalue weighted by Gasteiger charge is 2.11. The molecule has 1 atom stereocenters. The molecule has 0 bridgehead atoms. The minimum Gasteiger partial charge on any atom is -0.207 e. The summed E-state index contributed by atoms with van der Waals surface area (Å²) in [6.45, 7) is 1.63. The standard InChI is InChI=1S/C8H8F2S/c1-5(11)8-6(9)3-2-4-7(8)10/h2-5,11H,1H3. The molecule has 1 unspecified atom stereocenters. The zero-order chi connectivity index (χ0) is 8.43. The van der Waals surface area contributed by atoms with Gasteiger partial charge in [0.15, 0.2) is 0 Å². The fraction of sp³-hybridized carbons (Fsp3) is 0.250. The molecule has 1 aromatic carbocycles. The first-order valence-electron chi connectivity index (χ1n) is 3.25. The van der Waals surface area contributed by atoms with Crippen LogP contribution in [0.25, 0.3) is 0 Å². The van der Waals surface area contributed by atoms with Crippen LogP contribution in [0, 0.1) is 11.6 Å². The smallest absolute Gasteiger partial charge is 0.130 e. The van der Waals surface area contributed by atoms with Crippen molar-refractivity contribution in [3.63, 3.8) is 0 Å². The highest BCUT2D eigenvalue weighted by molar-refractivity contribution is 7.80. The summed E-state index contributed by atoms with van der Waals surface area (Å²) < 4.78 is 25.6. The molecule has 0 fully saturated rings. The summed E-state index contributed by atoms with van der Waals surface area (Å²) in [6, 6.07) is 3.79. The normalized spacial score (nSPS) is 13.1. The van der Waals surface area contributed by atoms with Gasteiger partial charge in [-0.15, -0.1) is 0 Å². The second kappa shape index (κ2) is 3.22. The molecular formula is C8H8F2S. The third kappa shape index (κ3) is 1.71. The fourth-order valence-corrected chi connectivity index (χ4v) is 1.16. The van der Waals surface area contributed by atoms with E-state index in [1.807, 2.05) is 0 Å². The molecule has 0 N–H and O–H groups in total. The molecule has 1 rings (SSSR count). The van der Waals surface area contributed by atoms with Crippen molar-refractivity contribution < 1.29 is 8.78 Å². The van der Waals surface area contributed by atoms with Gasteiger partial charge in [0.25, 0.3) is 0 Å². The molecule has 0 aliphatic rings. The number of halogens is 2. The van der Waals surface area contributed by atoms with Crippen molar-refractivity contribution >= 4 is 12.6 Å². The average Bonchev–Trinajstić information content (AvgIpc) is 1.85. The van der Waals surface area contributed by atoms with Crippen LogP contribution in [0.1, 0.15) is 17.7 Å². The molecule has 0 heterocycles. The van der Waals surface area contributed by atoms with Gasteiger partial charge >= 0.3 is 0 Å². The van der Waals surface area contributed by atoms with E-state index in [1.54, 1.807) is 6.92 Å². The van der Waals surface area contributed by atoms with Gasteiger partial charge in [0.2, 0.25) is 0 Å². The Kier molecular flexibility index (Phi) is 2.49. The first-order valence-corrected chi connectivity index (χ1v) is 3.76. The van der Waals surface area contributed by atoms with Crippen LogP contribution in [0.4, 0.5) is 8.78 Å². The maximum Gasteiger partial charge on any atom is 0.130 e. The van der Waals surface area contributed by atoms with Crippen LogP contribution in [0.3, 0.4) is 0 Å². The number of benzene rings is 1. The Bertz CT molecular complexity index is 238. The van der Waals surface area contributed by atoms with E-state index < -0.39 is 16.9 Å². The first-order chi connectivity index (χ1) is 5.13. The lowest BCUT2D eigenvalue weighted by Gasteiger charge is -2.06. The Labute approximate surface area is 69.6 Å². The average molecular weight is 174 g/mol. The molecular weight excluding hydrogens is 166 g/mol. The van der Waals surface area contributed by atoms with E-state index in [0.717, 1.165) is 0 Å². The summed E-state index contributed by atoms with van der Waals surface area (Å²) in [6.07, 6.45) is 0. The molecule has 0 amide bonds. The molecule has 0 radical (unpaired) electrons. The van der Waals surface area contributed by atoms with E-state index in [4.69, 9.17) is 0 Å². The van der Waals surface area contributed by atoms with Gasteiger partial charge < -0.3 is 0 Å². The molecule has 60 valence electrons. The topological polar surface area (TPSA) is 0 Å². The first kappa shape index (κ1) is 8.53. The Balaban J connectivity index is 3.21. The van der Waals surface area contributed by atoms with E-state index >= 15 is 0 Å². The molecule has 0 aromatic heterocycles. The predicted octanol–water partition coefficient (Wildman–Crippen LogP) is 2.96. The maximum absolute atomic E-state index is 12.8. The van der Waals surface area contributed by atoms with Crippen LogP contribution in [0.15, 0.2) is 18.2 Å². The lowest BCUT2D eigenvalue weighted by atomic mass is 10.1. The van der Waals surface area contributed by atoms with Crippen molar-refractivity contribution in [3.05, 3.63) is 35.4 Å². The van der Waals surface area contributed by atoms with Crippen molar-refractivity contribution in [1.82, 2.24) is 0 Å². The van der Waals surface area contributed by atoms with Gasteiger partial charge in [0, 0.05) is 10.8 Å². The van der Waals surface area contributed by atoms with Crippen molar-refractivity contribution in [2.24, 2.45) is 0 Å². The second-order valence-electron chi connectivity index (χ2n) is 2.31. The fourth-order valence-electron chi connectivity index (χ4n) is 0.910. The van der Waals surface area contributed by atoms with Gasteiger partial charge in [-0.2, -0.15) is 12.6 Å². The molecule has 0 saturated carbocycles. The van der Waals surface area contributed by atoms with Crippen LogP contribution in [0.2, 0.25) is 0 Å². The van der Waals surface area contributed by atoms with Gasteiger partial charge in [-0.25, -0.2) is 8.78 Å². The van der Waals surface area contributed by atoms with Crippen molar-refractivity contribution in [3.8, 4) is 0 Å². The van der Waals surface area contributed by atoms with E-state index in [1.165, 1.54) is 18.2 Å². The monoisotopic (exact) mass is 174 g/mol. The predicted molar refractivity (Wildman–Crippen MR) is 43.8 cm³/mol. The Morgan fingerprint density at radius 2 is 1.73 bits per heavy atom. The van der Waals surface area contributed by atoms with Gasteiger partial charge in [-0.1, -0.05) is 6.07 Å². The molecule has 3 heteroatoms. The van der Waals surface area contributed by atoms with Gasteiger partial charge in [0.05, 0.1) is 0 Å². The Morgan fingerprint density at radius 3 is 2.00 bits per heavy atom. The van der Waals surface area contributed by atoms with E-state index in [0.29, 0.717) is 0 Å². The lowest BCUT2D eigenvalue weighted by Crippen LogP contribution is -1.94. The van der Waals surface area contributed by atoms with Gasteiger partial charge in [0.1, 0.15) is 11.6 Å². The summed E-state index contributed by atoms with van der Waals surface area (Å²) in [4.78, 5) is 0. The highest BCUT2D eigenvalue weighted by Crippen LogP contribution is 2.24. The molecule has 0 aliphatic carbocycles. The summed E-state index contributed by atoms with van der Waals surface area (Å²) >= 11 is 3.95. The lowest BCUT2D eigenvalue weighted by molar-refractivity contribution is 0.557. The van der Waals surface area contributed by atoms with Gasteiger partial charge in [-0.05, 0) is 19.1 Å². The summed E-state index contributed by atoms with van der Waals surface area (Å²) in [5, 5.41) is -0.406. The zero-order valence-electron chi connectivity index (χ0n) is 6.01. The molecule has 0 aliphatic heterocycles. The number of rotatable bonds is 1. The van der Waals surface area contributed by atoms with E-state index in [-0.39, 0.29) is 5.56 Å². The van der Waals surface area contributed by atoms with Crippen molar-refractivity contribution in [2.75, 3.05) is 0 Å². The Morgan fingerprint density at radius 1 is 1.27 bits per heavy atom. The van der Waals surface area contributed by atoms with Crippen LogP contribution >= 0.6 is 12.6 Å². The Hall–Kier alpha value is -0.570. The number of hydrogen-bond acceptors (Lipinski definition) is 1. The third-order valence-corrected chi connectivity index (χ3v) is 1.68. The van der Waals surface area contributed by atoms with Crippen LogP contribution in [0.5, 0.6) is 0 Å². The number of hydrogen-bond donors (Lipinski definition) is 1. The summed E-state index contributed by atoms with van der Waals surface area (Å²) in [5.41, 5.74) is 0.0378. The van der Waals surface area contributed by atoms with Gasteiger partial charge in [-0.3, -0.25) is 0 Å². The molecule has 1 aromatic rings. The maximum atomic E-state index is 12.8. The van der Waals surface area contributed by atoms with Crippen LogP contribution in [-0.4, -0.2) is 0 Å². The SMILES string of the molecule is CC(S)c1c(F)cccc1F.